The molecule has 0 fully saturated rings. The molecular weight excluding hydrogens is 192 g/mol. The minimum Gasteiger partial charge on any atom is -0.450 e. The second-order valence-corrected chi connectivity index (χ2v) is 2.17. The predicted octanol–water partition coefficient (Wildman–Crippen LogP) is 0.0786. The molecule has 86 valence electrons. The summed E-state index contributed by atoms with van der Waals surface area (Å²) in [6.07, 6.45) is -0.450. The highest BCUT2D eigenvalue weighted by Crippen LogP contribution is 1.78. The van der Waals surface area contributed by atoms with Crippen molar-refractivity contribution in [1.82, 2.24) is 0 Å². The van der Waals surface area contributed by atoms with Gasteiger partial charge in [0.1, 0.15) is 0 Å². The highest BCUT2D eigenvalue weighted by Gasteiger charge is 1.89. The quantitative estimate of drug-likeness (QED) is 0.424. The molecule has 0 saturated carbocycles. The second kappa shape index (κ2) is 14.7. The molecule has 0 aliphatic rings. The fraction of sp³-hybridized carbons (Fsp3) is 0.875. The Bertz CT molecular complexity index is 112. The van der Waals surface area contributed by atoms with Gasteiger partial charge < -0.3 is 24.8 Å². The summed E-state index contributed by atoms with van der Waals surface area (Å²) in [5, 5.41) is 24.0. The number of hydrogen-bond donors (Lipinski definition) is 3. The molecule has 14 heavy (non-hydrogen) atoms. The molecule has 0 heterocycles. The molecule has 6 nitrogen and oxygen atoms in total. The van der Waals surface area contributed by atoms with E-state index in [1.54, 1.807) is 0 Å². The van der Waals surface area contributed by atoms with Gasteiger partial charge in [-0.05, 0) is 6.42 Å². The first kappa shape index (κ1) is 15.6. The minimum absolute atomic E-state index is 0.0278. The van der Waals surface area contributed by atoms with Crippen molar-refractivity contribution < 1.29 is 29.6 Å². The number of ether oxygens (including phenoxy) is 2. The average molecular weight is 210 g/mol. The summed E-state index contributed by atoms with van der Waals surface area (Å²) in [6.45, 7) is 2.85. The van der Waals surface area contributed by atoms with Crippen LogP contribution in [0.1, 0.15) is 13.3 Å². The van der Waals surface area contributed by atoms with Gasteiger partial charge in [-0.1, -0.05) is 6.92 Å². The van der Waals surface area contributed by atoms with Crippen LogP contribution in [0.15, 0.2) is 0 Å². The largest absolute Gasteiger partial charge is 0.505 e. The van der Waals surface area contributed by atoms with Crippen LogP contribution in [0.2, 0.25) is 0 Å². The summed E-state index contributed by atoms with van der Waals surface area (Å²) in [4.78, 5) is 9.54. The van der Waals surface area contributed by atoms with Crippen molar-refractivity contribution in [2.45, 2.75) is 13.3 Å². The van der Waals surface area contributed by atoms with Crippen LogP contribution in [-0.2, 0) is 9.47 Å². The van der Waals surface area contributed by atoms with Crippen molar-refractivity contribution >= 4 is 6.16 Å². The average Bonchev–Trinajstić information content (AvgIpc) is 2.16. The van der Waals surface area contributed by atoms with Gasteiger partial charge in [-0.2, -0.15) is 0 Å². The molecule has 0 amide bonds. The van der Waals surface area contributed by atoms with Crippen LogP contribution in [0, 0.1) is 0 Å². The first-order valence-electron chi connectivity index (χ1n) is 4.34. The third-order valence-electron chi connectivity index (χ3n) is 0.901. The number of aliphatic hydroxyl groups is 2. The predicted molar refractivity (Wildman–Crippen MR) is 49.3 cm³/mol. The van der Waals surface area contributed by atoms with Crippen LogP contribution in [0.25, 0.3) is 0 Å². The zero-order valence-electron chi connectivity index (χ0n) is 8.31. The number of hydrogen-bond acceptors (Lipinski definition) is 5. The molecule has 0 bridgehead atoms. The van der Waals surface area contributed by atoms with E-state index in [2.05, 4.69) is 9.47 Å². The van der Waals surface area contributed by atoms with E-state index in [1.165, 1.54) is 0 Å². The molecular formula is C8H18O6. The Morgan fingerprint density at radius 3 is 1.86 bits per heavy atom. The lowest BCUT2D eigenvalue weighted by Crippen LogP contribution is -2.03. The molecule has 0 radical (unpaired) electrons. The fourth-order valence-corrected chi connectivity index (χ4v) is 0.421. The van der Waals surface area contributed by atoms with Gasteiger partial charge in [-0.15, -0.1) is 0 Å². The van der Waals surface area contributed by atoms with Gasteiger partial charge in [0.15, 0.2) is 0 Å². The molecule has 0 saturated heterocycles. The van der Waals surface area contributed by atoms with Gasteiger partial charge in [-0.3, -0.25) is 0 Å². The lowest BCUT2D eigenvalue weighted by atomic mass is 10.5. The van der Waals surface area contributed by atoms with Crippen molar-refractivity contribution in [1.29, 1.82) is 0 Å². The third-order valence-corrected chi connectivity index (χ3v) is 0.901. The summed E-state index contributed by atoms with van der Waals surface area (Å²) in [6, 6.07) is 0. The molecule has 0 atom stereocenters. The van der Waals surface area contributed by atoms with E-state index >= 15 is 0 Å². The van der Waals surface area contributed by atoms with Crippen molar-refractivity contribution in [3.8, 4) is 0 Å². The normalized spacial score (nSPS) is 8.79. The number of carboxylic acid groups (broad SMARTS) is 1. The van der Waals surface area contributed by atoms with E-state index in [4.69, 9.17) is 15.3 Å². The highest BCUT2D eigenvalue weighted by atomic mass is 16.7. The summed E-state index contributed by atoms with van der Waals surface area (Å²) < 4.78 is 8.74. The zero-order valence-corrected chi connectivity index (χ0v) is 8.31. The fourth-order valence-electron chi connectivity index (χ4n) is 0.421. The third kappa shape index (κ3) is 22.5. The van der Waals surface area contributed by atoms with Crippen LogP contribution < -0.4 is 0 Å². The van der Waals surface area contributed by atoms with Crippen LogP contribution in [0.3, 0.4) is 0 Å². The Morgan fingerprint density at radius 1 is 1.14 bits per heavy atom. The molecule has 0 aromatic rings. The molecule has 0 aromatic carbocycles. The molecule has 0 unspecified atom stereocenters. The maximum atomic E-state index is 9.54. The first-order valence-corrected chi connectivity index (χ1v) is 4.34. The smallest absolute Gasteiger partial charge is 0.450 e. The van der Waals surface area contributed by atoms with Gasteiger partial charge in [0, 0.05) is 0 Å². The van der Waals surface area contributed by atoms with E-state index in [-0.39, 0.29) is 13.2 Å². The zero-order chi connectivity index (χ0) is 11.2. The molecule has 0 aromatic heterocycles. The van der Waals surface area contributed by atoms with Gasteiger partial charge in [0.2, 0.25) is 0 Å². The summed E-state index contributed by atoms with van der Waals surface area (Å²) in [5.41, 5.74) is 0. The van der Waals surface area contributed by atoms with Crippen molar-refractivity contribution in [2.75, 3.05) is 33.0 Å². The maximum absolute atomic E-state index is 9.54. The Hall–Kier alpha value is -0.850. The summed E-state index contributed by atoms with van der Waals surface area (Å²) >= 11 is 0. The number of carbonyl (C=O) groups is 1. The van der Waals surface area contributed by atoms with Crippen molar-refractivity contribution in [3.63, 3.8) is 0 Å². The number of aliphatic hydroxyl groups excluding tert-OH is 2. The Morgan fingerprint density at radius 2 is 1.64 bits per heavy atom. The first-order chi connectivity index (χ1) is 6.68. The van der Waals surface area contributed by atoms with Gasteiger partial charge >= 0.3 is 6.16 Å². The molecule has 0 aliphatic carbocycles. The summed E-state index contributed by atoms with van der Waals surface area (Å²) in [7, 11) is 0. The van der Waals surface area contributed by atoms with E-state index in [9.17, 15) is 4.79 Å². The van der Waals surface area contributed by atoms with E-state index in [0.717, 1.165) is 6.42 Å². The second-order valence-electron chi connectivity index (χ2n) is 2.17. The topological polar surface area (TPSA) is 96.2 Å². The van der Waals surface area contributed by atoms with Crippen LogP contribution in [-0.4, -0.2) is 54.5 Å². The lowest BCUT2D eigenvalue weighted by Gasteiger charge is -1.94. The van der Waals surface area contributed by atoms with E-state index in [0.29, 0.717) is 19.8 Å². The maximum Gasteiger partial charge on any atom is 0.505 e. The minimum atomic E-state index is -1.19. The van der Waals surface area contributed by atoms with Gasteiger partial charge in [0.05, 0.1) is 33.0 Å². The van der Waals surface area contributed by atoms with E-state index in [1.807, 2.05) is 6.92 Å². The lowest BCUT2D eigenvalue weighted by molar-refractivity contribution is 0.0650. The highest BCUT2D eigenvalue weighted by molar-refractivity contribution is 5.56. The Labute approximate surface area is 83.1 Å². The van der Waals surface area contributed by atoms with Crippen LogP contribution in [0.5, 0.6) is 0 Å². The SMILES string of the molecule is CCCOC(=O)O.OCCOCCO. The molecule has 0 aliphatic heterocycles. The van der Waals surface area contributed by atoms with Crippen molar-refractivity contribution in [2.24, 2.45) is 0 Å². The number of rotatable bonds is 6. The van der Waals surface area contributed by atoms with Gasteiger partial charge in [0.25, 0.3) is 0 Å². The van der Waals surface area contributed by atoms with Crippen LogP contribution in [0.4, 0.5) is 4.79 Å². The standard InChI is InChI=1S/C4H10O3.C4H8O3/c5-1-3-7-4-2-6;1-2-3-7-4(5)6/h5-6H,1-4H2;2-3H2,1H3,(H,5,6). The summed E-state index contributed by atoms with van der Waals surface area (Å²) in [5.74, 6) is 0. The Balaban J connectivity index is 0. The van der Waals surface area contributed by atoms with Crippen LogP contribution >= 0.6 is 0 Å². The van der Waals surface area contributed by atoms with Gasteiger partial charge in [-0.25, -0.2) is 4.79 Å². The molecule has 6 heteroatoms. The molecule has 0 spiro atoms. The van der Waals surface area contributed by atoms with Crippen molar-refractivity contribution in [3.05, 3.63) is 0 Å². The molecule has 3 N–H and O–H groups in total. The molecule has 0 rings (SSSR count). The Kier molecular flexibility index (Phi) is 16.4. The monoisotopic (exact) mass is 210 g/mol. The van der Waals surface area contributed by atoms with E-state index < -0.39 is 6.16 Å².